The first-order chi connectivity index (χ1) is 16.1. The normalized spacial score (nSPS) is 14.7. The van der Waals surface area contributed by atoms with Gasteiger partial charge in [-0.2, -0.15) is 0 Å². The fraction of sp³-hybridized carbons (Fsp3) is 0.231. The van der Waals surface area contributed by atoms with Gasteiger partial charge in [-0.05, 0) is 41.7 Å². The van der Waals surface area contributed by atoms with E-state index < -0.39 is 5.54 Å². The highest BCUT2D eigenvalue weighted by molar-refractivity contribution is 6.09. The summed E-state index contributed by atoms with van der Waals surface area (Å²) in [7, 11) is 0. The van der Waals surface area contributed by atoms with Gasteiger partial charge in [0.15, 0.2) is 11.5 Å². The van der Waals surface area contributed by atoms with E-state index in [9.17, 15) is 9.59 Å². The van der Waals surface area contributed by atoms with E-state index >= 15 is 0 Å². The van der Waals surface area contributed by atoms with Crippen molar-refractivity contribution in [2.75, 3.05) is 13.1 Å². The number of amides is 2. The molecule has 33 heavy (non-hydrogen) atoms. The predicted molar refractivity (Wildman–Crippen MR) is 127 cm³/mol. The van der Waals surface area contributed by atoms with Crippen LogP contribution in [-0.4, -0.2) is 40.7 Å². The van der Waals surface area contributed by atoms with Crippen molar-refractivity contribution in [1.82, 2.24) is 15.2 Å². The summed E-state index contributed by atoms with van der Waals surface area (Å²) in [4.78, 5) is 36.0. The smallest absolute Gasteiger partial charge is 0.266 e. The van der Waals surface area contributed by atoms with Gasteiger partial charge in [0, 0.05) is 25.5 Å². The largest absolute Gasteiger partial charge is 0.369 e. The van der Waals surface area contributed by atoms with Crippen molar-refractivity contribution in [2.24, 2.45) is 10.7 Å². The second kappa shape index (κ2) is 10.1. The average molecular weight is 442 g/mol. The van der Waals surface area contributed by atoms with Crippen LogP contribution in [0.3, 0.4) is 0 Å². The summed E-state index contributed by atoms with van der Waals surface area (Å²) in [6.07, 6.45) is 5.09. The van der Waals surface area contributed by atoms with E-state index in [1.54, 1.807) is 17.3 Å². The van der Waals surface area contributed by atoms with Crippen LogP contribution in [0.25, 0.3) is 0 Å². The molecule has 2 heterocycles. The minimum absolute atomic E-state index is 0.0355. The van der Waals surface area contributed by atoms with E-state index in [1.807, 2.05) is 72.8 Å². The Kier molecular flexibility index (Phi) is 6.78. The van der Waals surface area contributed by atoms with Crippen LogP contribution in [-0.2, 0) is 21.5 Å². The van der Waals surface area contributed by atoms with Gasteiger partial charge in [0.2, 0.25) is 5.91 Å². The first-order valence-corrected chi connectivity index (χ1v) is 11.1. The Balaban J connectivity index is 1.37. The predicted octanol–water partition coefficient (Wildman–Crippen LogP) is 2.62. The maximum Gasteiger partial charge on any atom is 0.266 e. The molecule has 1 aliphatic heterocycles. The van der Waals surface area contributed by atoms with Gasteiger partial charge in [-0.25, -0.2) is 4.99 Å². The standard InChI is InChI=1S/C26H27N5O2/c27-25-30-26(21-9-3-1-4-10-21,22-11-5-2-6-12-22)24(33)31(25)18-8-7-15-29-23(32)19-20-13-16-28-17-14-20/h1-6,9-14,16-17H,7-8,15,18-19H2,(H2,27,30)(H,29,32). The van der Waals surface area contributed by atoms with Crippen molar-refractivity contribution in [3.05, 3.63) is 102 Å². The molecular formula is C26H27N5O2. The number of nitrogens with one attached hydrogen (secondary N) is 1. The lowest BCUT2D eigenvalue weighted by molar-refractivity contribution is -0.130. The molecule has 2 aromatic carbocycles. The molecule has 0 spiro atoms. The lowest BCUT2D eigenvalue weighted by Gasteiger charge is -2.27. The van der Waals surface area contributed by atoms with E-state index in [-0.39, 0.29) is 17.8 Å². The van der Waals surface area contributed by atoms with E-state index in [1.165, 1.54) is 0 Å². The minimum atomic E-state index is -1.18. The first-order valence-electron chi connectivity index (χ1n) is 11.1. The summed E-state index contributed by atoms with van der Waals surface area (Å²) in [6.45, 7) is 0.974. The lowest BCUT2D eigenvalue weighted by Crippen LogP contribution is -2.44. The molecule has 2 amide bonds. The number of hydrogen-bond donors (Lipinski definition) is 2. The van der Waals surface area contributed by atoms with Crippen molar-refractivity contribution < 1.29 is 9.59 Å². The third kappa shape index (κ3) is 4.77. The topological polar surface area (TPSA) is 101 Å². The Bertz CT molecular complexity index is 1080. The van der Waals surface area contributed by atoms with Gasteiger partial charge < -0.3 is 11.1 Å². The first kappa shape index (κ1) is 22.2. The van der Waals surface area contributed by atoms with Crippen molar-refractivity contribution >= 4 is 17.8 Å². The van der Waals surface area contributed by atoms with Gasteiger partial charge in [0.05, 0.1) is 6.42 Å². The summed E-state index contributed by atoms with van der Waals surface area (Å²) in [5.74, 6) is 0.0280. The van der Waals surface area contributed by atoms with Gasteiger partial charge in [0.1, 0.15) is 0 Å². The number of guanidine groups is 1. The minimum Gasteiger partial charge on any atom is -0.369 e. The number of nitrogens with zero attached hydrogens (tertiary/aromatic N) is 3. The maximum atomic E-state index is 13.7. The van der Waals surface area contributed by atoms with Crippen molar-refractivity contribution in [2.45, 2.75) is 24.8 Å². The molecule has 0 bridgehead atoms. The highest BCUT2D eigenvalue weighted by atomic mass is 16.2. The van der Waals surface area contributed by atoms with E-state index in [0.29, 0.717) is 25.9 Å². The zero-order valence-electron chi connectivity index (χ0n) is 18.4. The summed E-state index contributed by atoms with van der Waals surface area (Å²) in [5.41, 5.74) is 7.57. The quantitative estimate of drug-likeness (QED) is 0.499. The van der Waals surface area contributed by atoms with Crippen LogP contribution >= 0.6 is 0 Å². The van der Waals surface area contributed by atoms with Crippen LogP contribution in [0.15, 0.2) is 90.2 Å². The summed E-state index contributed by atoms with van der Waals surface area (Å²) >= 11 is 0. The molecule has 0 fully saturated rings. The maximum absolute atomic E-state index is 13.7. The Hall–Kier alpha value is -4.00. The van der Waals surface area contributed by atoms with Crippen molar-refractivity contribution in [3.63, 3.8) is 0 Å². The lowest BCUT2D eigenvalue weighted by atomic mass is 9.83. The van der Waals surface area contributed by atoms with E-state index in [2.05, 4.69) is 10.3 Å². The highest BCUT2D eigenvalue weighted by Gasteiger charge is 2.50. The van der Waals surface area contributed by atoms with Crippen LogP contribution in [0.4, 0.5) is 0 Å². The zero-order chi connectivity index (χ0) is 23.1. The Morgan fingerprint density at radius 1 is 0.909 bits per heavy atom. The molecule has 0 unspecified atom stereocenters. The molecule has 7 nitrogen and oxygen atoms in total. The number of nitrogens with two attached hydrogens (primary N) is 1. The van der Waals surface area contributed by atoms with Gasteiger partial charge in [-0.3, -0.25) is 19.5 Å². The molecule has 1 aliphatic rings. The SMILES string of the molecule is NC1=NC(c2ccccc2)(c2ccccc2)C(=O)N1CCCCNC(=O)Cc1ccncc1. The van der Waals surface area contributed by atoms with Crippen LogP contribution in [0.5, 0.6) is 0 Å². The number of rotatable bonds is 9. The highest BCUT2D eigenvalue weighted by Crippen LogP contribution is 2.39. The number of carbonyl (C=O) groups is 2. The summed E-state index contributed by atoms with van der Waals surface area (Å²) in [6, 6.07) is 22.7. The second-order valence-corrected chi connectivity index (χ2v) is 7.96. The molecule has 0 atom stereocenters. The van der Waals surface area contributed by atoms with Crippen LogP contribution < -0.4 is 11.1 Å². The third-order valence-corrected chi connectivity index (χ3v) is 5.74. The number of carbonyl (C=O) groups excluding carboxylic acids is 2. The number of benzene rings is 2. The summed E-state index contributed by atoms with van der Waals surface area (Å²) < 4.78 is 0. The van der Waals surface area contributed by atoms with E-state index in [4.69, 9.17) is 10.7 Å². The van der Waals surface area contributed by atoms with E-state index in [0.717, 1.165) is 23.1 Å². The number of aliphatic imine (C=N–C) groups is 1. The van der Waals surface area contributed by atoms with Gasteiger partial charge >= 0.3 is 0 Å². The van der Waals surface area contributed by atoms with Crippen molar-refractivity contribution in [3.8, 4) is 0 Å². The molecule has 3 N–H and O–H groups in total. The fourth-order valence-corrected chi connectivity index (χ4v) is 4.07. The third-order valence-electron chi connectivity index (χ3n) is 5.74. The Morgan fingerprint density at radius 2 is 1.52 bits per heavy atom. The molecule has 0 saturated heterocycles. The number of pyridine rings is 1. The summed E-state index contributed by atoms with van der Waals surface area (Å²) in [5, 5.41) is 2.92. The Labute approximate surface area is 193 Å². The van der Waals surface area contributed by atoms with Gasteiger partial charge in [0.25, 0.3) is 5.91 Å². The van der Waals surface area contributed by atoms with Crippen LogP contribution in [0, 0.1) is 0 Å². The molecule has 1 aromatic heterocycles. The van der Waals surface area contributed by atoms with Gasteiger partial charge in [-0.15, -0.1) is 0 Å². The fourth-order valence-electron chi connectivity index (χ4n) is 4.07. The number of unbranched alkanes of at least 4 members (excludes halogenated alkanes) is 1. The number of hydrogen-bond acceptors (Lipinski definition) is 5. The molecule has 7 heteroatoms. The zero-order valence-corrected chi connectivity index (χ0v) is 18.4. The van der Waals surface area contributed by atoms with Gasteiger partial charge in [-0.1, -0.05) is 60.7 Å². The molecule has 0 aliphatic carbocycles. The molecule has 3 aromatic rings. The average Bonchev–Trinajstić information content (AvgIpc) is 3.11. The van der Waals surface area contributed by atoms with Crippen LogP contribution in [0.1, 0.15) is 29.5 Å². The Morgan fingerprint density at radius 3 is 2.12 bits per heavy atom. The molecule has 0 saturated carbocycles. The second-order valence-electron chi connectivity index (χ2n) is 7.96. The van der Waals surface area contributed by atoms with Crippen LogP contribution in [0.2, 0.25) is 0 Å². The molecular weight excluding hydrogens is 414 g/mol. The number of aromatic nitrogens is 1. The molecule has 0 radical (unpaired) electrons. The molecule has 168 valence electrons. The van der Waals surface area contributed by atoms with Crippen molar-refractivity contribution in [1.29, 1.82) is 0 Å². The monoisotopic (exact) mass is 441 g/mol. The molecule has 4 rings (SSSR count).